The van der Waals surface area contributed by atoms with Crippen molar-refractivity contribution in [1.82, 2.24) is 0 Å². The lowest BCUT2D eigenvalue weighted by molar-refractivity contribution is -0.118. The highest BCUT2D eigenvalue weighted by molar-refractivity contribution is 6.30. The molecule has 0 aromatic heterocycles. The number of nitrogens with one attached hydrogen (secondary N) is 1. The maximum atomic E-state index is 12.7. The number of halogens is 1. The average Bonchev–Trinajstić information content (AvgIpc) is 2.55. The Balaban J connectivity index is 1.73. The number of amides is 2. The van der Waals surface area contributed by atoms with Crippen molar-refractivity contribution in [2.24, 2.45) is 0 Å². The second-order valence-electron chi connectivity index (χ2n) is 5.98. The highest BCUT2D eigenvalue weighted by Crippen LogP contribution is 2.30. The van der Waals surface area contributed by atoms with Crippen molar-refractivity contribution in [2.75, 3.05) is 16.8 Å². The van der Waals surface area contributed by atoms with Crippen LogP contribution in [0.3, 0.4) is 0 Å². The summed E-state index contributed by atoms with van der Waals surface area (Å²) in [7, 11) is 0. The lowest BCUT2D eigenvalue weighted by atomic mass is 10.0. The van der Waals surface area contributed by atoms with Crippen LogP contribution in [0.5, 0.6) is 0 Å². The van der Waals surface area contributed by atoms with Crippen LogP contribution in [0.2, 0.25) is 5.02 Å². The summed E-state index contributed by atoms with van der Waals surface area (Å²) < 4.78 is 0. The van der Waals surface area contributed by atoms with Gasteiger partial charge in [0, 0.05) is 29.9 Å². The maximum Gasteiger partial charge on any atom is 0.231 e. The Kier molecular flexibility index (Phi) is 4.86. The van der Waals surface area contributed by atoms with E-state index in [9.17, 15) is 9.59 Å². The molecule has 0 atom stereocenters. The molecule has 24 heavy (non-hydrogen) atoms. The third-order valence-electron chi connectivity index (χ3n) is 4.09. The van der Waals surface area contributed by atoms with Crippen LogP contribution >= 0.6 is 11.6 Å². The van der Waals surface area contributed by atoms with E-state index in [1.807, 2.05) is 47.4 Å². The highest BCUT2D eigenvalue weighted by atomic mass is 35.5. The Bertz CT molecular complexity index is 771. The van der Waals surface area contributed by atoms with Gasteiger partial charge >= 0.3 is 0 Å². The Hall–Kier alpha value is -2.33. The minimum absolute atomic E-state index is 0.0746. The molecule has 0 spiro atoms. The van der Waals surface area contributed by atoms with Gasteiger partial charge in [-0.05, 0) is 54.3 Å². The molecule has 3 rings (SSSR count). The zero-order chi connectivity index (χ0) is 17.1. The smallest absolute Gasteiger partial charge is 0.231 e. The summed E-state index contributed by atoms with van der Waals surface area (Å²) in [4.78, 5) is 25.6. The first-order chi connectivity index (χ1) is 11.5. The number of fused-ring (bicyclic) bond motifs is 1. The molecular formula is C19H19ClN2O2. The van der Waals surface area contributed by atoms with Gasteiger partial charge in [-0.1, -0.05) is 23.7 Å². The van der Waals surface area contributed by atoms with Crippen LogP contribution in [0.4, 0.5) is 11.4 Å². The molecule has 2 amide bonds. The molecule has 4 nitrogen and oxygen atoms in total. The Morgan fingerprint density at radius 1 is 1.17 bits per heavy atom. The Morgan fingerprint density at radius 2 is 1.92 bits per heavy atom. The van der Waals surface area contributed by atoms with E-state index in [2.05, 4.69) is 5.32 Å². The molecular weight excluding hydrogens is 324 g/mol. The summed E-state index contributed by atoms with van der Waals surface area (Å²) in [6, 6.07) is 13.1. The second-order valence-corrected chi connectivity index (χ2v) is 6.41. The molecule has 124 valence electrons. The van der Waals surface area contributed by atoms with E-state index in [1.54, 1.807) is 0 Å². The van der Waals surface area contributed by atoms with Crippen molar-refractivity contribution >= 4 is 34.8 Å². The Morgan fingerprint density at radius 3 is 2.62 bits per heavy atom. The van der Waals surface area contributed by atoms with E-state index in [4.69, 9.17) is 11.6 Å². The topological polar surface area (TPSA) is 49.4 Å². The van der Waals surface area contributed by atoms with Crippen LogP contribution in [0, 0.1) is 0 Å². The second kappa shape index (κ2) is 7.05. The summed E-state index contributed by atoms with van der Waals surface area (Å²) in [5.74, 6) is -0.0343. The van der Waals surface area contributed by atoms with Crippen LogP contribution in [0.25, 0.3) is 0 Å². The molecule has 1 aliphatic heterocycles. The quantitative estimate of drug-likeness (QED) is 0.921. The highest BCUT2D eigenvalue weighted by Gasteiger charge is 2.22. The van der Waals surface area contributed by atoms with Crippen molar-refractivity contribution in [3.63, 3.8) is 0 Å². The summed E-state index contributed by atoms with van der Waals surface area (Å²) in [6.45, 7) is 2.20. The molecule has 1 aliphatic rings. The first kappa shape index (κ1) is 16.5. The van der Waals surface area contributed by atoms with E-state index in [0.29, 0.717) is 11.4 Å². The number of aryl methyl sites for hydroxylation is 1. The van der Waals surface area contributed by atoms with Gasteiger partial charge in [-0.25, -0.2) is 0 Å². The number of nitrogens with zero attached hydrogens (tertiary/aromatic N) is 1. The van der Waals surface area contributed by atoms with Crippen molar-refractivity contribution < 1.29 is 9.59 Å². The lowest BCUT2D eigenvalue weighted by Gasteiger charge is -2.29. The normalized spacial score (nSPS) is 13.3. The fourth-order valence-electron chi connectivity index (χ4n) is 3.00. The minimum Gasteiger partial charge on any atom is -0.326 e. The molecule has 0 aliphatic carbocycles. The van der Waals surface area contributed by atoms with Crippen LogP contribution < -0.4 is 10.2 Å². The van der Waals surface area contributed by atoms with Crippen molar-refractivity contribution in [3.05, 3.63) is 58.6 Å². The van der Waals surface area contributed by atoms with E-state index < -0.39 is 0 Å². The van der Waals surface area contributed by atoms with Gasteiger partial charge in [0.15, 0.2) is 0 Å². The molecule has 2 aromatic rings. The summed E-state index contributed by atoms with van der Waals surface area (Å²) in [5.41, 5.74) is 3.75. The lowest BCUT2D eigenvalue weighted by Crippen LogP contribution is -2.36. The first-order valence-electron chi connectivity index (χ1n) is 7.98. The largest absolute Gasteiger partial charge is 0.326 e. The molecule has 0 bridgehead atoms. The van der Waals surface area contributed by atoms with Crippen LogP contribution in [-0.4, -0.2) is 18.4 Å². The van der Waals surface area contributed by atoms with Crippen LogP contribution in [0.15, 0.2) is 42.5 Å². The number of rotatable bonds is 3. The van der Waals surface area contributed by atoms with Crippen molar-refractivity contribution in [2.45, 2.75) is 26.2 Å². The van der Waals surface area contributed by atoms with Gasteiger partial charge in [-0.3, -0.25) is 9.59 Å². The fraction of sp³-hybridized carbons (Fsp3) is 0.263. The third-order valence-corrected chi connectivity index (χ3v) is 4.33. The Labute approximate surface area is 146 Å². The van der Waals surface area contributed by atoms with E-state index in [-0.39, 0.29) is 11.8 Å². The van der Waals surface area contributed by atoms with Gasteiger partial charge in [0.05, 0.1) is 6.42 Å². The predicted octanol–water partition coefficient (Wildman–Crippen LogP) is 3.82. The van der Waals surface area contributed by atoms with Gasteiger partial charge < -0.3 is 10.2 Å². The van der Waals surface area contributed by atoms with Gasteiger partial charge in [0.1, 0.15) is 0 Å². The molecule has 0 unspecified atom stereocenters. The third kappa shape index (κ3) is 3.77. The van der Waals surface area contributed by atoms with Gasteiger partial charge in [-0.2, -0.15) is 0 Å². The number of carbonyl (C=O) groups excluding carboxylic acids is 2. The van der Waals surface area contributed by atoms with Gasteiger partial charge in [0.25, 0.3) is 0 Å². The fourth-order valence-corrected chi connectivity index (χ4v) is 3.20. The zero-order valence-corrected chi connectivity index (χ0v) is 14.3. The molecule has 0 fully saturated rings. The number of hydrogen-bond donors (Lipinski definition) is 1. The molecule has 2 aromatic carbocycles. The van der Waals surface area contributed by atoms with Crippen LogP contribution in [-0.2, 0) is 22.4 Å². The monoisotopic (exact) mass is 342 g/mol. The maximum absolute atomic E-state index is 12.7. The van der Waals surface area contributed by atoms with E-state index >= 15 is 0 Å². The molecule has 1 N–H and O–H groups in total. The van der Waals surface area contributed by atoms with Crippen LogP contribution in [0.1, 0.15) is 24.5 Å². The molecule has 0 radical (unpaired) electrons. The van der Waals surface area contributed by atoms with Crippen molar-refractivity contribution in [3.8, 4) is 0 Å². The number of anilines is 2. The van der Waals surface area contributed by atoms with Gasteiger partial charge in [0.2, 0.25) is 11.8 Å². The summed E-state index contributed by atoms with van der Waals surface area (Å²) >= 11 is 6.05. The average molecular weight is 343 g/mol. The number of hydrogen-bond acceptors (Lipinski definition) is 2. The predicted molar refractivity (Wildman–Crippen MR) is 96.6 cm³/mol. The van der Waals surface area contributed by atoms with Gasteiger partial charge in [-0.15, -0.1) is 0 Å². The van der Waals surface area contributed by atoms with E-state index in [0.717, 1.165) is 41.9 Å². The summed E-state index contributed by atoms with van der Waals surface area (Å²) in [5, 5.41) is 3.43. The molecule has 0 saturated heterocycles. The number of benzene rings is 2. The van der Waals surface area contributed by atoms with Crippen molar-refractivity contribution in [1.29, 1.82) is 0 Å². The first-order valence-corrected chi connectivity index (χ1v) is 8.36. The molecule has 5 heteroatoms. The van der Waals surface area contributed by atoms with E-state index in [1.165, 1.54) is 6.92 Å². The SMILES string of the molecule is CC(=O)Nc1ccc(CC(=O)N2CCCc3cc(Cl)ccc32)cc1. The summed E-state index contributed by atoms with van der Waals surface area (Å²) in [6.07, 6.45) is 2.23. The zero-order valence-electron chi connectivity index (χ0n) is 13.5. The molecule has 1 heterocycles. The number of carbonyl (C=O) groups is 2. The minimum atomic E-state index is -0.109. The molecule has 0 saturated carbocycles. The standard InChI is InChI=1S/C19H19ClN2O2/c1-13(23)21-17-7-4-14(5-8-17)11-19(24)22-10-2-3-15-12-16(20)6-9-18(15)22/h4-9,12H,2-3,10-11H2,1H3,(H,21,23).